The fraction of sp³-hybridized carbons (Fsp3) is 1.00. The molecule has 2 rings (SSSR count). The largest absolute Gasteiger partial charge is 0.373 e. The van der Waals surface area contributed by atoms with E-state index < -0.39 is 14.6 Å². The molecular formula is C11H21NO3S. The second kappa shape index (κ2) is 3.96. The van der Waals surface area contributed by atoms with Gasteiger partial charge in [-0.2, -0.15) is 0 Å². The molecule has 5 heteroatoms. The summed E-state index contributed by atoms with van der Waals surface area (Å²) in [6.07, 6.45) is 5.32. The molecule has 0 aliphatic carbocycles. The van der Waals surface area contributed by atoms with Crippen LogP contribution in [0.2, 0.25) is 0 Å². The first-order valence-corrected chi connectivity index (χ1v) is 7.77. The van der Waals surface area contributed by atoms with E-state index in [2.05, 4.69) is 5.32 Å². The molecule has 94 valence electrons. The van der Waals surface area contributed by atoms with Gasteiger partial charge in [0.05, 0.1) is 17.0 Å². The van der Waals surface area contributed by atoms with Crippen LogP contribution in [0.5, 0.6) is 0 Å². The Bertz CT molecular complexity index is 363. The van der Waals surface area contributed by atoms with E-state index in [1.807, 2.05) is 0 Å². The molecule has 16 heavy (non-hydrogen) atoms. The smallest absolute Gasteiger partial charge is 0.153 e. The zero-order chi connectivity index (χ0) is 12.0. The number of hydrogen-bond acceptors (Lipinski definition) is 4. The number of ether oxygens (including phenoxy) is 1. The summed E-state index contributed by atoms with van der Waals surface area (Å²) in [6, 6.07) is 0.347. The highest BCUT2D eigenvalue weighted by Crippen LogP contribution is 2.34. The molecule has 0 aromatic heterocycles. The Hall–Kier alpha value is -0.130. The van der Waals surface area contributed by atoms with Crippen molar-refractivity contribution in [1.29, 1.82) is 0 Å². The first-order chi connectivity index (χ1) is 7.29. The Morgan fingerprint density at radius 1 is 1.38 bits per heavy atom. The van der Waals surface area contributed by atoms with Gasteiger partial charge in [0.1, 0.15) is 0 Å². The standard InChI is InChI=1S/C11H21NO3S/c1-11(2,16(3,13)14)7-12-9-6-8-4-5-10(9)15-8/h8-10,12H,4-7H2,1-3H3. The predicted octanol–water partition coefficient (Wildman–Crippen LogP) is 0.719. The summed E-state index contributed by atoms with van der Waals surface area (Å²) >= 11 is 0. The van der Waals surface area contributed by atoms with Crippen molar-refractivity contribution in [3.05, 3.63) is 0 Å². The SMILES string of the molecule is CC(C)(CNC1CC2CCC1O2)S(C)(=O)=O. The van der Waals surface area contributed by atoms with Crippen molar-refractivity contribution in [2.45, 2.75) is 56.1 Å². The lowest BCUT2D eigenvalue weighted by atomic mass is 9.95. The molecule has 4 nitrogen and oxygen atoms in total. The molecule has 1 N–H and O–H groups in total. The van der Waals surface area contributed by atoms with E-state index in [0.717, 1.165) is 19.3 Å². The van der Waals surface area contributed by atoms with Gasteiger partial charge in [-0.15, -0.1) is 0 Å². The van der Waals surface area contributed by atoms with Gasteiger partial charge in [-0.05, 0) is 33.1 Å². The van der Waals surface area contributed by atoms with Crippen LogP contribution in [0.4, 0.5) is 0 Å². The minimum absolute atomic E-state index is 0.306. The Morgan fingerprint density at radius 2 is 2.06 bits per heavy atom. The molecule has 0 aromatic carbocycles. The minimum Gasteiger partial charge on any atom is -0.373 e. The van der Waals surface area contributed by atoms with Crippen molar-refractivity contribution in [2.75, 3.05) is 12.8 Å². The minimum atomic E-state index is -3.01. The van der Waals surface area contributed by atoms with Crippen LogP contribution in [0.15, 0.2) is 0 Å². The predicted molar refractivity (Wildman–Crippen MR) is 63.2 cm³/mol. The molecule has 3 unspecified atom stereocenters. The van der Waals surface area contributed by atoms with Crippen molar-refractivity contribution in [1.82, 2.24) is 5.32 Å². The molecule has 0 radical (unpaired) electrons. The van der Waals surface area contributed by atoms with Gasteiger partial charge in [-0.1, -0.05) is 0 Å². The van der Waals surface area contributed by atoms with Crippen LogP contribution in [-0.2, 0) is 14.6 Å². The van der Waals surface area contributed by atoms with E-state index in [9.17, 15) is 8.42 Å². The van der Waals surface area contributed by atoms with Crippen molar-refractivity contribution in [2.24, 2.45) is 0 Å². The Kier molecular flexibility index (Phi) is 3.05. The van der Waals surface area contributed by atoms with Crippen molar-refractivity contribution in [3.63, 3.8) is 0 Å². The maximum Gasteiger partial charge on any atom is 0.153 e. The van der Waals surface area contributed by atoms with Crippen LogP contribution >= 0.6 is 0 Å². The van der Waals surface area contributed by atoms with E-state index in [1.165, 1.54) is 6.26 Å². The Balaban J connectivity index is 1.89. The number of fused-ring (bicyclic) bond motifs is 2. The number of nitrogens with one attached hydrogen (secondary N) is 1. The molecule has 0 saturated carbocycles. The molecule has 0 aromatic rings. The first-order valence-electron chi connectivity index (χ1n) is 5.88. The maximum atomic E-state index is 11.5. The summed E-state index contributed by atoms with van der Waals surface area (Å²) in [6.45, 7) is 4.04. The van der Waals surface area contributed by atoms with Gasteiger partial charge in [0.25, 0.3) is 0 Å². The highest BCUT2D eigenvalue weighted by molar-refractivity contribution is 7.92. The molecule has 3 atom stereocenters. The van der Waals surface area contributed by atoms with E-state index in [0.29, 0.717) is 24.8 Å². The van der Waals surface area contributed by atoms with Gasteiger partial charge in [-0.3, -0.25) is 0 Å². The van der Waals surface area contributed by atoms with Crippen LogP contribution in [0.25, 0.3) is 0 Å². The first kappa shape index (κ1) is 12.3. The molecule has 2 aliphatic heterocycles. The number of sulfone groups is 1. The zero-order valence-electron chi connectivity index (χ0n) is 10.2. The second-order valence-corrected chi connectivity index (χ2v) is 8.28. The van der Waals surface area contributed by atoms with Crippen LogP contribution in [-0.4, -0.2) is 44.2 Å². The van der Waals surface area contributed by atoms with Crippen LogP contribution in [0, 0.1) is 0 Å². The monoisotopic (exact) mass is 247 g/mol. The molecule has 0 amide bonds. The quantitative estimate of drug-likeness (QED) is 0.795. The lowest BCUT2D eigenvalue weighted by Gasteiger charge is -2.27. The summed E-state index contributed by atoms with van der Waals surface area (Å²) in [7, 11) is -3.01. The third-order valence-electron chi connectivity index (χ3n) is 3.90. The normalized spacial score (nSPS) is 34.6. The Morgan fingerprint density at radius 3 is 2.50 bits per heavy atom. The van der Waals surface area contributed by atoms with Gasteiger partial charge in [0.2, 0.25) is 0 Å². The van der Waals surface area contributed by atoms with Crippen molar-refractivity contribution in [3.8, 4) is 0 Å². The highest BCUT2D eigenvalue weighted by Gasteiger charge is 2.41. The van der Waals surface area contributed by atoms with Crippen molar-refractivity contribution >= 4 is 9.84 Å². The van der Waals surface area contributed by atoms with E-state index in [4.69, 9.17) is 4.74 Å². The second-order valence-electron chi connectivity index (χ2n) is 5.63. The molecule has 2 fully saturated rings. The van der Waals surface area contributed by atoms with Gasteiger partial charge < -0.3 is 10.1 Å². The summed E-state index contributed by atoms with van der Waals surface area (Å²) in [5, 5.41) is 3.36. The summed E-state index contributed by atoms with van der Waals surface area (Å²) in [5.41, 5.74) is 0. The number of hydrogen-bond donors (Lipinski definition) is 1. The average Bonchev–Trinajstić information content (AvgIpc) is 2.73. The molecule has 2 aliphatic rings. The van der Waals surface area contributed by atoms with E-state index in [1.54, 1.807) is 13.8 Å². The molecule has 0 spiro atoms. The fourth-order valence-corrected chi connectivity index (χ4v) is 2.71. The molecule has 2 saturated heterocycles. The van der Waals surface area contributed by atoms with Crippen molar-refractivity contribution < 1.29 is 13.2 Å². The summed E-state index contributed by atoms with van der Waals surface area (Å²) in [4.78, 5) is 0. The van der Waals surface area contributed by atoms with E-state index in [-0.39, 0.29) is 0 Å². The third kappa shape index (κ3) is 2.26. The van der Waals surface area contributed by atoms with Crippen LogP contribution in [0.3, 0.4) is 0 Å². The molecule has 2 bridgehead atoms. The molecule has 2 heterocycles. The topological polar surface area (TPSA) is 55.4 Å². The maximum absolute atomic E-state index is 11.5. The zero-order valence-corrected chi connectivity index (χ0v) is 11.0. The van der Waals surface area contributed by atoms with Gasteiger partial charge in [0, 0.05) is 18.8 Å². The van der Waals surface area contributed by atoms with E-state index >= 15 is 0 Å². The lowest BCUT2D eigenvalue weighted by Crippen LogP contribution is -2.48. The number of rotatable bonds is 4. The summed E-state index contributed by atoms with van der Waals surface area (Å²) < 4.78 is 28.1. The Labute approximate surface area is 97.7 Å². The third-order valence-corrected chi connectivity index (χ3v) is 6.05. The van der Waals surface area contributed by atoms with Gasteiger partial charge in [-0.25, -0.2) is 8.42 Å². The van der Waals surface area contributed by atoms with Crippen LogP contribution < -0.4 is 5.32 Å². The van der Waals surface area contributed by atoms with Gasteiger partial charge in [0.15, 0.2) is 9.84 Å². The van der Waals surface area contributed by atoms with Crippen LogP contribution in [0.1, 0.15) is 33.1 Å². The fourth-order valence-electron chi connectivity index (χ4n) is 2.36. The highest BCUT2D eigenvalue weighted by atomic mass is 32.2. The lowest BCUT2D eigenvalue weighted by molar-refractivity contribution is 0.0972. The average molecular weight is 247 g/mol. The summed E-state index contributed by atoms with van der Waals surface area (Å²) in [5.74, 6) is 0. The molecular weight excluding hydrogens is 226 g/mol. The van der Waals surface area contributed by atoms with Gasteiger partial charge >= 0.3 is 0 Å².